The normalized spacial score (nSPS) is 32.1. The SMILES string of the molecule is [CH2]c1ccccc1C1OC(C)C(C)O1. The molecule has 0 aromatic heterocycles. The molecule has 0 amide bonds. The van der Waals surface area contributed by atoms with Gasteiger partial charge in [0.15, 0.2) is 6.29 Å². The molecule has 14 heavy (non-hydrogen) atoms. The zero-order valence-corrected chi connectivity index (χ0v) is 8.57. The summed E-state index contributed by atoms with van der Waals surface area (Å²) in [5, 5.41) is 0. The van der Waals surface area contributed by atoms with Crippen molar-refractivity contribution in [3.8, 4) is 0 Å². The van der Waals surface area contributed by atoms with Crippen LogP contribution in [0, 0.1) is 6.92 Å². The zero-order valence-electron chi connectivity index (χ0n) is 8.57. The summed E-state index contributed by atoms with van der Waals surface area (Å²) in [6.07, 6.45) is 0.0629. The van der Waals surface area contributed by atoms with E-state index in [2.05, 4.69) is 6.92 Å². The van der Waals surface area contributed by atoms with E-state index in [9.17, 15) is 0 Å². The third kappa shape index (κ3) is 1.68. The van der Waals surface area contributed by atoms with Crippen molar-refractivity contribution in [2.24, 2.45) is 0 Å². The predicted molar refractivity (Wildman–Crippen MR) is 54.7 cm³/mol. The molecule has 1 saturated heterocycles. The average Bonchev–Trinajstić information content (AvgIpc) is 2.48. The summed E-state index contributed by atoms with van der Waals surface area (Å²) in [7, 11) is 0. The minimum atomic E-state index is -0.242. The van der Waals surface area contributed by atoms with E-state index < -0.39 is 0 Å². The zero-order chi connectivity index (χ0) is 10.1. The molecule has 1 radical (unpaired) electrons. The lowest BCUT2D eigenvalue weighted by Gasteiger charge is -2.12. The predicted octanol–water partition coefficient (Wildman–Crippen LogP) is 2.69. The minimum Gasteiger partial charge on any atom is -0.343 e. The van der Waals surface area contributed by atoms with Gasteiger partial charge in [-0.05, 0) is 26.3 Å². The van der Waals surface area contributed by atoms with Gasteiger partial charge in [-0.2, -0.15) is 0 Å². The van der Waals surface area contributed by atoms with Gasteiger partial charge in [0.1, 0.15) is 0 Å². The quantitative estimate of drug-likeness (QED) is 0.679. The second kappa shape index (κ2) is 3.71. The van der Waals surface area contributed by atoms with Gasteiger partial charge in [0.2, 0.25) is 0 Å². The maximum absolute atomic E-state index is 5.68. The molecule has 2 unspecified atom stereocenters. The Morgan fingerprint density at radius 1 is 1.07 bits per heavy atom. The van der Waals surface area contributed by atoms with Crippen LogP contribution in [0.15, 0.2) is 24.3 Å². The topological polar surface area (TPSA) is 18.5 Å². The minimum absolute atomic E-state index is 0.152. The lowest BCUT2D eigenvalue weighted by molar-refractivity contribution is -0.0655. The first-order valence-corrected chi connectivity index (χ1v) is 4.90. The molecule has 1 heterocycles. The van der Waals surface area contributed by atoms with Crippen LogP contribution in [0.25, 0.3) is 0 Å². The van der Waals surface area contributed by atoms with Gasteiger partial charge < -0.3 is 9.47 Å². The maximum Gasteiger partial charge on any atom is 0.184 e. The van der Waals surface area contributed by atoms with E-state index in [0.717, 1.165) is 11.1 Å². The van der Waals surface area contributed by atoms with Crippen molar-refractivity contribution in [2.75, 3.05) is 0 Å². The highest BCUT2D eigenvalue weighted by Gasteiger charge is 2.31. The van der Waals surface area contributed by atoms with Crippen LogP contribution in [0.5, 0.6) is 0 Å². The van der Waals surface area contributed by atoms with Gasteiger partial charge in [-0.3, -0.25) is 0 Å². The van der Waals surface area contributed by atoms with Crippen LogP contribution in [0.1, 0.15) is 31.3 Å². The number of ether oxygens (including phenoxy) is 2. The average molecular weight is 191 g/mol. The van der Waals surface area contributed by atoms with Crippen molar-refractivity contribution in [3.63, 3.8) is 0 Å². The maximum atomic E-state index is 5.68. The van der Waals surface area contributed by atoms with Gasteiger partial charge in [-0.15, -0.1) is 0 Å². The molecule has 0 bridgehead atoms. The van der Waals surface area contributed by atoms with Gasteiger partial charge in [0.25, 0.3) is 0 Å². The lowest BCUT2D eigenvalue weighted by Crippen LogP contribution is -2.13. The summed E-state index contributed by atoms with van der Waals surface area (Å²) >= 11 is 0. The van der Waals surface area contributed by atoms with E-state index in [-0.39, 0.29) is 18.5 Å². The lowest BCUT2D eigenvalue weighted by atomic mass is 10.1. The Morgan fingerprint density at radius 2 is 1.64 bits per heavy atom. The van der Waals surface area contributed by atoms with Crippen molar-refractivity contribution in [1.29, 1.82) is 0 Å². The molecule has 2 heteroatoms. The van der Waals surface area contributed by atoms with E-state index >= 15 is 0 Å². The molecule has 75 valence electrons. The van der Waals surface area contributed by atoms with E-state index in [1.165, 1.54) is 0 Å². The van der Waals surface area contributed by atoms with Crippen molar-refractivity contribution in [3.05, 3.63) is 42.3 Å². The molecule has 1 aromatic rings. The third-order valence-electron chi connectivity index (χ3n) is 2.65. The van der Waals surface area contributed by atoms with E-state index in [4.69, 9.17) is 9.47 Å². The monoisotopic (exact) mass is 191 g/mol. The highest BCUT2D eigenvalue weighted by molar-refractivity contribution is 5.30. The molecular formula is C12H15O2. The Balaban J connectivity index is 2.21. The molecule has 1 aromatic carbocycles. The molecule has 0 saturated carbocycles. The van der Waals surface area contributed by atoms with Gasteiger partial charge in [-0.1, -0.05) is 24.3 Å². The molecule has 2 rings (SSSR count). The van der Waals surface area contributed by atoms with Crippen LogP contribution >= 0.6 is 0 Å². The van der Waals surface area contributed by atoms with E-state index in [1.54, 1.807) is 0 Å². The Bertz CT molecular complexity index is 312. The van der Waals surface area contributed by atoms with Crippen LogP contribution in [-0.2, 0) is 9.47 Å². The summed E-state index contributed by atoms with van der Waals surface area (Å²) in [5.74, 6) is 0. The van der Waals surface area contributed by atoms with Crippen molar-refractivity contribution >= 4 is 0 Å². The number of rotatable bonds is 1. The highest BCUT2D eigenvalue weighted by Crippen LogP contribution is 2.32. The fraction of sp³-hybridized carbons (Fsp3) is 0.417. The van der Waals surface area contributed by atoms with Crippen LogP contribution in [-0.4, -0.2) is 12.2 Å². The summed E-state index contributed by atoms with van der Waals surface area (Å²) in [4.78, 5) is 0. The fourth-order valence-corrected chi connectivity index (χ4v) is 1.55. The van der Waals surface area contributed by atoms with Crippen molar-refractivity contribution < 1.29 is 9.47 Å². The molecule has 2 atom stereocenters. The summed E-state index contributed by atoms with van der Waals surface area (Å²) < 4.78 is 11.4. The molecule has 1 aliphatic heterocycles. The molecule has 1 aliphatic rings. The van der Waals surface area contributed by atoms with Gasteiger partial charge in [0.05, 0.1) is 12.2 Å². The molecule has 1 fully saturated rings. The first kappa shape index (κ1) is 9.69. The van der Waals surface area contributed by atoms with Crippen LogP contribution in [0.2, 0.25) is 0 Å². The van der Waals surface area contributed by atoms with Crippen LogP contribution < -0.4 is 0 Å². The Labute approximate surface area is 84.8 Å². The molecule has 0 spiro atoms. The largest absolute Gasteiger partial charge is 0.343 e. The molecular weight excluding hydrogens is 176 g/mol. The number of hydrogen-bond donors (Lipinski definition) is 0. The highest BCUT2D eigenvalue weighted by atomic mass is 16.7. The number of hydrogen-bond acceptors (Lipinski definition) is 2. The molecule has 0 N–H and O–H groups in total. The van der Waals surface area contributed by atoms with Crippen molar-refractivity contribution in [2.45, 2.75) is 32.3 Å². The fourth-order valence-electron chi connectivity index (χ4n) is 1.55. The van der Waals surface area contributed by atoms with Crippen LogP contribution in [0.3, 0.4) is 0 Å². The smallest absolute Gasteiger partial charge is 0.184 e. The van der Waals surface area contributed by atoms with E-state index in [0.29, 0.717) is 0 Å². The second-order valence-electron chi connectivity index (χ2n) is 3.71. The second-order valence-corrected chi connectivity index (χ2v) is 3.71. The Kier molecular flexibility index (Phi) is 2.57. The van der Waals surface area contributed by atoms with Gasteiger partial charge in [-0.25, -0.2) is 0 Å². The first-order chi connectivity index (χ1) is 6.68. The molecule has 2 nitrogen and oxygen atoms in total. The van der Waals surface area contributed by atoms with Gasteiger partial charge >= 0.3 is 0 Å². The first-order valence-electron chi connectivity index (χ1n) is 4.90. The van der Waals surface area contributed by atoms with Gasteiger partial charge in [0, 0.05) is 5.56 Å². The van der Waals surface area contributed by atoms with Crippen molar-refractivity contribution in [1.82, 2.24) is 0 Å². The Morgan fingerprint density at radius 3 is 2.21 bits per heavy atom. The van der Waals surface area contributed by atoms with Crippen LogP contribution in [0.4, 0.5) is 0 Å². The summed E-state index contributed by atoms with van der Waals surface area (Å²) in [6.45, 7) is 8.00. The Hall–Kier alpha value is -0.860. The third-order valence-corrected chi connectivity index (χ3v) is 2.65. The summed E-state index contributed by atoms with van der Waals surface area (Å²) in [5.41, 5.74) is 2.00. The molecule has 0 aliphatic carbocycles. The summed E-state index contributed by atoms with van der Waals surface area (Å²) in [6, 6.07) is 7.91. The van der Waals surface area contributed by atoms with E-state index in [1.807, 2.05) is 38.1 Å². The standard InChI is InChI=1S/C12H15O2/c1-8-6-4-5-7-11(8)12-13-9(2)10(3)14-12/h4-7,9-10,12H,1H2,2-3H3. The number of benzene rings is 1.